The summed E-state index contributed by atoms with van der Waals surface area (Å²) in [5.41, 5.74) is 7.02. The van der Waals surface area contributed by atoms with Gasteiger partial charge in [0.2, 0.25) is 0 Å². The van der Waals surface area contributed by atoms with Gasteiger partial charge in [-0.05, 0) is 57.1 Å². The molecule has 0 fully saturated rings. The van der Waals surface area contributed by atoms with Gasteiger partial charge in [-0.25, -0.2) is 0 Å². The number of hydrogen-bond acceptors (Lipinski definition) is 0. The molecule has 0 bridgehead atoms. The monoisotopic (exact) mass is 306 g/mol. The molecule has 4 aromatic carbocycles. The quantitative estimate of drug-likeness (QED) is 0.347. The number of rotatable bonds is 1. The van der Waals surface area contributed by atoms with Gasteiger partial charge in [-0.15, -0.1) is 0 Å². The maximum Gasteiger partial charge on any atom is -0.00544 e. The van der Waals surface area contributed by atoms with Crippen molar-refractivity contribution in [3.63, 3.8) is 0 Å². The van der Waals surface area contributed by atoms with E-state index in [0.717, 1.165) is 6.42 Å². The molecule has 0 heteroatoms. The fraction of sp³-hybridized carbons (Fsp3) is 0.0833. The van der Waals surface area contributed by atoms with Gasteiger partial charge < -0.3 is 0 Å². The van der Waals surface area contributed by atoms with Crippen LogP contribution in [0.3, 0.4) is 0 Å². The first kappa shape index (κ1) is 13.6. The van der Waals surface area contributed by atoms with Crippen molar-refractivity contribution >= 4 is 27.6 Å². The molecule has 114 valence electrons. The van der Waals surface area contributed by atoms with E-state index in [1.807, 2.05) is 0 Å². The lowest BCUT2D eigenvalue weighted by molar-refractivity contribution is 1.20. The van der Waals surface area contributed by atoms with Crippen LogP contribution in [-0.2, 0) is 6.42 Å². The standard InChI is InChI=1S/C24H18/c1-16-14-18-7-4-9-22(24(18)15-16)21-11-5-10-20-19-8-3-2-6-17(19)12-13-23(20)21/h2-14H,15H2,1H3. The van der Waals surface area contributed by atoms with Crippen LogP contribution < -0.4 is 0 Å². The molecule has 0 saturated carbocycles. The van der Waals surface area contributed by atoms with Crippen LogP contribution in [0.15, 0.2) is 78.4 Å². The van der Waals surface area contributed by atoms with Crippen LogP contribution in [0.2, 0.25) is 0 Å². The second kappa shape index (κ2) is 5.07. The molecule has 0 saturated heterocycles. The predicted molar refractivity (Wildman–Crippen MR) is 104 cm³/mol. The summed E-state index contributed by atoms with van der Waals surface area (Å²) in [6, 6.07) is 26.6. The zero-order chi connectivity index (χ0) is 16.1. The maximum atomic E-state index is 2.32. The van der Waals surface area contributed by atoms with Gasteiger partial charge in [0.1, 0.15) is 0 Å². The summed E-state index contributed by atoms with van der Waals surface area (Å²) in [4.78, 5) is 0. The lowest BCUT2D eigenvalue weighted by Crippen LogP contribution is -1.91. The molecule has 0 N–H and O–H groups in total. The molecule has 1 aliphatic rings. The highest BCUT2D eigenvalue weighted by Crippen LogP contribution is 2.38. The van der Waals surface area contributed by atoms with E-state index in [1.165, 1.54) is 49.4 Å². The van der Waals surface area contributed by atoms with Gasteiger partial charge in [0.15, 0.2) is 0 Å². The second-order valence-corrected chi connectivity index (χ2v) is 6.73. The molecule has 0 unspecified atom stereocenters. The van der Waals surface area contributed by atoms with Crippen LogP contribution in [0, 0.1) is 0 Å². The third-order valence-corrected chi connectivity index (χ3v) is 5.15. The minimum atomic E-state index is 1.06. The van der Waals surface area contributed by atoms with Crippen LogP contribution in [-0.4, -0.2) is 0 Å². The maximum absolute atomic E-state index is 2.32. The highest BCUT2D eigenvalue weighted by atomic mass is 14.2. The van der Waals surface area contributed by atoms with Crippen LogP contribution in [0.4, 0.5) is 0 Å². The molecule has 0 radical (unpaired) electrons. The van der Waals surface area contributed by atoms with Crippen molar-refractivity contribution < 1.29 is 0 Å². The molecule has 0 spiro atoms. The molecule has 0 heterocycles. The molecular weight excluding hydrogens is 288 g/mol. The molecule has 0 aromatic heterocycles. The highest BCUT2D eigenvalue weighted by molar-refractivity contribution is 6.12. The minimum absolute atomic E-state index is 1.06. The predicted octanol–water partition coefficient (Wildman–Crippen LogP) is 6.62. The number of benzene rings is 4. The van der Waals surface area contributed by atoms with Crippen LogP contribution in [0.5, 0.6) is 0 Å². The van der Waals surface area contributed by atoms with Crippen molar-refractivity contribution in [2.45, 2.75) is 13.3 Å². The highest BCUT2D eigenvalue weighted by Gasteiger charge is 2.16. The first-order valence-electron chi connectivity index (χ1n) is 8.51. The van der Waals surface area contributed by atoms with E-state index in [1.54, 1.807) is 0 Å². The average molecular weight is 306 g/mol. The van der Waals surface area contributed by atoms with Crippen molar-refractivity contribution in [1.82, 2.24) is 0 Å². The first-order valence-corrected chi connectivity index (χ1v) is 8.51. The summed E-state index contributed by atoms with van der Waals surface area (Å²) in [6.45, 7) is 2.22. The Kier molecular flexibility index (Phi) is 2.87. The smallest absolute Gasteiger partial charge is 0.00544 e. The Morgan fingerprint density at radius 1 is 0.625 bits per heavy atom. The van der Waals surface area contributed by atoms with Crippen LogP contribution in [0.25, 0.3) is 38.7 Å². The summed E-state index contributed by atoms with van der Waals surface area (Å²) in [6.07, 6.45) is 3.38. The van der Waals surface area contributed by atoms with Gasteiger partial charge in [0.25, 0.3) is 0 Å². The van der Waals surface area contributed by atoms with Gasteiger partial charge in [-0.2, -0.15) is 0 Å². The molecule has 5 rings (SSSR count). The van der Waals surface area contributed by atoms with Gasteiger partial charge in [0.05, 0.1) is 0 Å². The molecule has 24 heavy (non-hydrogen) atoms. The Labute approximate surface area is 142 Å². The molecule has 0 amide bonds. The van der Waals surface area contributed by atoms with Crippen LogP contribution in [0.1, 0.15) is 18.1 Å². The Balaban J connectivity index is 1.84. The van der Waals surface area contributed by atoms with E-state index in [0.29, 0.717) is 0 Å². The van der Waals surface area contributed by atoms with E-state index >= 15 is 0 Å². The SMILES string of the molecule is CC1=Cc2cccc(-c3cccc4c3ccc3ccccc34)c2C1. The lowest BCUT2D eigenvalue weighted by atomic mass is 9.91. The zero-order valence-electron chi connectivity index (χ0n) is 13.7. The van der Waals surface area contributed by atoms with E-state index in [2.05, 4.69) is 85.8 Å². The Hall–Kier alpha value is -2.86. The van der Waals surface area contributed by atoms with Gasteiger partial charge in [0, 0.05) is 0 Å². The molecular formula is C24H18. The fourth-order valence-corrected chi connectivity index (χ4v) is 4.06. The largest absolute Gasteiger partial charge is 0.0683 e. The Morgan fingerprint density at radius 3 is 2.38 bits per heavy atom. The lowest BCUT2D eigenvalue weighted by Gasteiger charge is -2.13. The van der Waals surface area contributed by atoms with E-state index < -0.39 is 0 Å². The Bertz CT molecular complexity index is 1130. The molecule has 1 aliphatic carbocycles. The summed E-state index contributed by atoms with van der Waals surface area (Å²) >= 11 is 0. The van der Waals surface area contributed by atoms with Crippen molar-refractivity contribution in [2.24, 2.45) is 0 Å². The normalized spacial score (nSPS) is 13.3. The molecule has 4 aromatic rings. The number of hydrogen-bond donors (Lipinski definition) is 0. The zero-order valence-corrected chi connectivity index (χ0v) is 13.7. The second-order valence-electron chi connectivity index (χ2n) is 6.73. The summed E-state index contributed by atoms with van der Waals surface area (Å²) in [5, 5.41) is 5.32. The summed E-state index contributed by atoms with van der Waals surface area (Å²) < 4.78 is 0. The fourth-order valence-electron chi connectivity index (χ4n) is 4.06. The summed E-state index contributed by atoms with van der Waals surface area (Å²) in [7, 11) is 0. The molecule has 0 atom stereocenters. The first-order chi connectivity index (χ1) is 11.8. The van der Waals surface area contributed by atoms with Crippen molar-refractivity contribution in [3.05, 3.63) is 89.5 Å². The third kappa shape index (κ3) is 1.93. The molecule has 0 aliphatic heterocycles. The summed E-state index contributed by atoms with van der Waals surface area (Å²) in [5.74, 6) is 0. The Morgan fingerprint density at radius 2 is 1.42 bits per heavy atom. The number of fused-ring (bicyclic) bond motifs is 4. The van der Waals surface area contributed by atoms with Crippen LogP contribution >= 0.6 is 0 Å². The topological polar surface area (TPSA) is 0 Å². The van der Waals surface area contributed by atoms with E-state index in [4.69, 9.17) is 0 Å². The number of allylic oxidation sites excluding steroid dienone is 1. The van der Waals surface area contributed by atoms with Gasteiger partial charge >= 0.3 is 0 Å². The van der Waals surface area contributed by atoms with Crippen molar-refractivity contribution in [2.75, 3.05) is 0 Å². The molecule has 0 nitrogen and oxygen atoms in total. The van der Waals surface area contributed by atoms with Gasteiger partial charge in [-0.1, -0.05) is 84.4 Å². The third-order valence-electron chi connectivity index (χ3n) is 5.15. The van der Waals surface area contributed by atoms with Gasteiger partial charge in [-0.3, -0.25) is 0 Å². The van der Waals surface area contributed by atoms with Crippen molar-refractivity contribution in [1.29, 1.82) is 0 Å². The van der Waals surface area contributed by atoms with Crippen molar-refractivity contribution in [3.8, 4) is 11.1 Å². The van der Waals surface area contributed by atoms with E-state index in [-0.39, 0.29) is 0 Å². The average Bonchev–Trinajstić information content (AvgIpc) is 3.01. The van der Waals surface area contributed by atoms with E-state index in [9.17, 15) is 0 Å². The minimum Gasteiger partial charge on any atom is -0.0683 e.